The van der Waals surface area contributed by atoms with Crippen molar-refractivity contribution < 1.29 is 18.3 Å². The van der Waals surface area contributed by atoms with Crippen molar-refractivity contribution in [3.05, 3.63) is 53.2 Å². The van der Waals surface area contributed by atoms with Gasteiger partial charge in [0.2, 0.25) is 0 Å². The van der Waals surface area contributed by atoms with E-state index in [0.717, 1.165) is 30.3 Å². The first-order valence-corrected chi connectivity index (χ1v) is 23.8. The summed E-state index contributed by atoms with van der Waals surface area (Å²) in [6.45, 7) is 24.0. The largest absolute Gasteiger partial charge is 0.444 e. The molecule has 2 bridgehead atoms. The monoisotopic (exact) mass is 797 g/mol. The van der Waals surface area contributed by atoms with Gasteiger partial charge in [0, 0.05) is 17.5 Å². The van der Waals surface area contributed by atoms with Crippen LogP contribution in [0.15, 0.2) is 35.5 Å². The number of hydrogen-bond donors (Lipinski definition) is 0. The molecule has 11 heteroatoms. The van der Waals surface area contributed by atoms with Crippen LogP contribution in [0.25, 0.3) is 32.9 Å². The predicted molar refractivity (Wildman–Crippen MR) is 228 cm³/mol. The average molecular weight is 798 g/mol. The number of thioether (sulfide) groups is 1. The zero-order valence-corrected chi connectivity index (χ0v) is 36.7. The second-order valence-corrected chi connectivity index (χ2v) is 24.8. The van der Waals surface area contributed by atoms with E-state index in [9.17, 15) is 4.79 Å². The molecule has 2 saturated heterocycles. The fourth-order valence-electron chi connectivity index (χ4n) is 10.3. The van der Waals surface area contributed by atoms with E-state index in [4.69, 9.17) is 19.7 Å². The van der Waals surface area contributed by atoms with E-state index in [-0.39, 0.29) is 41.3 Å². The van der Waals surface area contributed by atoms with Crippen LogP contribution in [0.3, 0.4) is 0 Å². The number of pyridine rings is 1. The first-order chi connectivity index (χ1) is 26.5. The number of anilines is 1. The SMILES string of the molecule is CCSc1nc2c3c(nc(-c4cccc5ccc(F)c(C#C[Si](C(C)C)(C(C)C)C(C)C)c45)c(F)c3n1)CC[C@@H](C)[C@H]1[C@@H]3CC[C@H](CN21)N3C(=O)OC(C)(C)C. The van der Waals surface area contributed by atoms with Crippen molar-refractivity contribution in [2.75, 3.05) is 17.2 Å². The Morgan fingerprint density at radius 3 is 2.36 bits per heavy atom. The van der Waals surface area contributed by atoms with Crippen LogP contribution in [0.4, 0.5) is 19.4 Å². The van der Waals surface area contributed by atoms with Crippen LogP contribution in [0.2, 0.25) is 16.6 Å². The summed E-state index contributed by atoms with van der Waals surface area (Å²) >= 11 is 1.48. The van der Waals surface area contributed by atoms with Gasteiger partial charge in [-0.3, -0.25) is 4.90 Å². The highest BCUT2D eigenvalue weighted by molar-refractivity contribution is 7.99. The fraction of sp³-hybridized carbons (Fsp3) is 0.556. The number of piperazine rings is 1. The lowest BCUT2D eigenvalue weighted by Gasteiger charge is -2.50. The summed E-state index contributed by atoms with van der Waals surface area (Å²) in [6, 6.07) is 8.73. The molecule has 2 fully saturated rings. The summed E-state index contributed by atoms with van der Waals surface area (Å²) in [5.74, 6) is 3.99. The van der Waals surface area contributed by atoms with E-state index >= 15 is 8.78 Å². The number of rotatable bonds is 6. The van der Waals surface area contributed by atoms with Gasteiger partial charge in [0.1, 0.15) is 36.5 Å². The topological polar surface area (TPSA) is 71.5 Å². The molecule has 0 spiro atoms. The minimum atomic E-state index is -2.22. The molecule has 56 heavy (non-hydrogen) atoms. The number of carbonyl (C=O) groups is 1. The Labute approximate surface area is 336 Å². The Kier molecular flexibility index (Phi) is 11.0. The molecule has 2 aromatic carbocycles. The average Bonchev–Trinajstić information content (AvgIpc) is 3.43. The number of halogens is 2. The van der Waals surface area contributed by atoms with Crippen molar-refractivity contribution in [1.29, 1.82) is 0 Å². The van der Waals surface area contributed by atoms with Gasteiger partial charge < -0.3 is 9.64 Å². The summed E-state index contributed by atoms with van der Waals surface area (Å²) in [6.07, 6.45) is 2.82. The Bertz CT molecular complexity index is 2220. The highest BCUT2D eigenvalue weighted by Crippen LogP contribution is 2.47. The fourth-order valence-corrected chi connectivity index (χ4v) is 16.0. The highest BCUT2D eigenvalue weighted by Gasteiger charge is 2.52. The third kappa shape index (κ3) is 6.86. The smallest absolute Gasteiger partial charge is 0.410 e. The maximum Gasteiger partial charge on any atom is 0.410 e. The van der Waals surface area contributed by atoms with Crippen LogP contribution >= 0.6 is 11.8 Å². The number of fused-ring (bicyclic) bond motifs is 6. The summed E-state index contributed by atoms with van der Waals surface area (Å²) in [5, 5.41) is 2.48. The lowest BCUT2D eigenvalue weighted by molar-refractivity contribution is 0.00452. The van der Waals surface area contributed by atoms with Crippen molar-refractivity contribution >= 4 is 53.4 Å². The molecular formula is C45H57F2N5O2SSi. The molecule has 298 valence electrons. The Morgan fingerprint density at radius 2 is 1.70 bits per heavy atom. The number of amides is 1. The van der Waals surface area contributed by atoms with Gasteiger partial charge in [-0.05, 0) is 86.2 Å². The van der Waals surface area contributed by atoms with Crippen LogP contribution in [-0.4, -0.2) is 70.0 Å². The third-order valence-electron chi connectivity index (χ3n) is 12.6. The van der Waals surface area contributed by atoms with Gasteiger partial charge in [-0.1, -0.05) is 97.3 Å². The summed E-state index contributed by atoms with van der Waals surface area (Å²) in [7, 11) is -2.22. The molecule has 4 atom stereocenters. The van der Waals surface area contributed by atoms with E-state index in [0.29, 0.717) is 68.2 Å². The maximum atomic E-state index is 17.6. The minimum Gasteiger partial charge on any atom is -0.444 e. The Balaban J connectivity index is 1.44. The minimum absolute atomic E-state index is 0.0323. The third-order valence-corrected chi connectivity index (χ3v) is 19.6. The number of benzene rings is 2. The standard InChI is InChI=1S/C45H57F2N5O2SSi/c1-12-55-43-49-40-37-34(20-16-28(8)41-35-21-18-30(24-51(41)42(37)50-43)52(35)44(53)54-45(9,10)11)48-39(38(40)47)32-15-13-14-29-17-19-33(46)31(36(29)32)22-23-56(25(2)3,26(4)5)27(6)7/h13-15,17,19,25-28,30,35,41H,12,16,18,20-21,24H2,1-11H3/t28-,30-,35+,41+/m1/s1. The molecule has 4 aromatic rings. The summed E-state index contributed by atoms with van der Waals surface area (Å²) in [4.78, 5) is 33.2. The maximum absolute atomic E-state index is 17.6. The number of nitrogens with zero attached hydrogens (tertiary/aromatic N) is 5. The molecule has 7 rings (SSSR count). The van der Waals surface area contributed by atoms with Crippen molar-refractivity contribution in [3.63, 3.8) is 0 Å². The van der Waals surface area contributed by atoms with Gasteiger partial charge in [0.05, 0.1) is 34.8 Å². The molecule has 1 amide bonds. The molecule has 7 nitrogen and oxygen atoms in total. The quantitative estimate of drug-likeness (QED) is 0.0832. The van der Waals surface area contributed by atoms with Crippen molar-refractivity contribution in [2.45, 2.75) is 147 Å². The first-order valence-electron chi connectivity index (χ1n) is 20.5. The lowest BCUT2D eigenvalue weighted by Crippen LogP contribution is -2.64. The van der Waals surface area contributed by atoms with E-state index in [1.54, 1.807) is 6.07 Å². The highest BCUT2D eigenvalue weighted by atomic mass is 32.2. The lowest BCUT2D eigenvalue weighted by atomic mass is 9.85. The van der Waals surface area contributed by atoms with Gasteiger partial charge in [-0.15, -0.1) is 5.54 Å². The van der Waals surface area contributed by atoms with Crippen molar-refractivity contribution in [3.8, 4) is 22.7 Å². The molecule has 5 heterocycles. The Morgan fingerprint density at radius 1 is 0.982 bits per heavy atom. The van der Waals surface area contributed by atoms with Gasteiger partial charge in [0.25, 0.3) is 0 Å². The second kappa shape index (κ2) is 15.2. The molecule has 0 radical (unpaired) electrons. The molecule has 0 aliphatic carbocycles. The van der Waals surface area contributed by atoms with Crippen molar-refractivity contribution in [2.24, 2.45) is 5.92 Å². The van der Waals surface area contributed by atoms with Gasteiger partial charge in [-0.25, -0.2) is 28.5 Å². The predicted octanol–water partition coefficient (Wildman–Crippen LogP) is 11.3. The van der Waals surface area contributed by atoms with Crippen LogP contribution in [0.1, 0.15) is 107 Å². The normalized spacial score (nSPS) is 21.1. The Hall–Kier alpha value is -3.75. The van der Waals surface area contributed by atoms with Gasteiger partial charge in [0.15, 0.2) is 11.0 Å². The summed E-state index contributed by atoms with van der Waals surface area (Å²) < 4.78 is 39.7. The van der Waals surface area contributed by atoms with E-state index in [2.05, 4.69) is 64.8 Å². The molecule has 0 N–H and O–H groups in total. The van der Waals surface area contributed by atoms with Gasteiger partial charge in [-0.2, -0.15) is 0 Å². The molecule has 3 aliphatic rings. The molecule has 0 unspecified atom stereocenters. The van der Waals surface area contributed by atoms with E-state index < -0.39 is 25.3 Å². The molecular weight excluding hydrogens is 741 g/mol. The number of aromatic nitrogens is 3. The molecule has 0 saturated carbocycles. The molecule has 2 aromatic heterocycles. The van der Waals surface area contributed by atoms with Crippen LogP contribution in [-0.2, 0) is 11.2 Å². The van der Waals surface area contributed by atoms with E-state index in [1.165, 1.54) is 17.8 Å². The number of hydrogen-bond acceptors (Lipinski definition) is 7. The number of carbonyl (C=O) groups excluding carboxylic acids is 1. The van der Waals surface area contributed by atoms with Crippen LogP contribution in [0.5, 0.6) is 0 Å². The zero-order chi connectivity index (χ0) is 40.4. The van der Waals surface area contributed by atoms with Gasteiger partial charge >= 0.3 is 6.09 Å². The van der Waals surface area contributed by atoms with Crippen LogP contribution in [0, 0.1) is 29.0 Å². The van der Waals surface area contributed by atoms with Crippen molar-refractivity contribution in [1.82, 2.24) is 19.9 Å². The van der Waals surface area contributed by atoms with E-state index in [1.807, 2.05) is 50.8 Å². The summed E-state index contributed by atoms with van der Waals surface area (Å²) in [5.41, 5.74) is 6.15. The first kappa shape index (κ1) is 40.4. The number of ether oxygens (including phenoxy) is 1. The second-order valence-electron chi connectivity index (χ2n) is 18.0. The number of aryl methyl sites for hydroxylation is 1. The van der Waals surface area contributed by atoms with Crippen LogP contribution < -0.4 is 4.90 Å². The zero-order valence-electron chi connectivity index (χ0n) is 34.9. The molecule has 3 aliphatic heterocycles.